The smallest absolute Gasteiger partial charge is 0.119 e. The molecule has 0 aromatic heterocycles. The van der Waals surface area contributed by atoms with E-state index in [4.69, 9.17) is 9.47 Å². The summed E-state index contributed by atoms with van der Waals surface area (Å²) in [5, 5.41) is 0. The first-order chi connectivity index (χ1) is 8.17. The average Bonchev–Trinajstić information content (AvgIpc) is 2.32. The molecule has 1 aromatic carbocycles. The third-order valence-corrected chi connectivity index (χ3v) is 3.29. The first-order valence-corrected chi connectivity index (χ1v) is 6.55. The summed E-state index contributed by atoms with van der Waals surface area (Å²) in [6.45, 7) is 5.37. The molecule has 0 fully saturated rings. The van der Waals surface area contributed by atoms with Crippen molar-refractivity contribution >= 4 is 15.9 Å². The summed E-state index contributed by atoms with van der Waals surface area (Å²) in [4.78, 5) is 2.23. The van der Waals surface area contributed by atoms with Crippen molar-refractivity contribution in [2.24, 2.45) is 0 Å². The van der Waals surface area contributed by atoms with Gasteiger partial charge in [-0.3, -0.25) is 4.90 Å². The number of hydrogen-bond donors (Lipinski definition) is 0. The zero-order valence-corrected chi connectivity index (χ0v) is 12.3. The van der Waals surface area contributed by atoms with Crippen molar-refractivity contribution in [2.75, 3.05) is 33.9 Å². The highest BCUT2D eigenvalue weighted by molar-refractivity contribution is 9.10. The Balaban J connectivity index is 2.54. The van der Waals surface area contributed by atoms with Gasteiger partial charge in [0.1, 0.15) is 5.75 Å². The van der Waals surface area contributed by atoms with Crippen LogP contribution < -0.4 is 4.74 Å². The molecule has 0 saturated heterocycles. The number of halogens is 1. The molecule has 1 aromatic rings. The molecule has 0 atom stereocenters. The zero-order chi connectivity index (χ0) is 12.7. The van der Waals surface area contributed by atoms with Gasteiger partial charge in [0.05, 0.1) is 13.7 Å². The Morgan fingerprint density at radius 3 is 2.76 bits per heavy atom. The predicted octanol–water partition coefficient (Wildman–Crippen LogP) is 2.93. The van der Waals surface area contributed by atoms with E-state index in [-0.39, 0.29) is 0 Å². The fourth-order valence-electron chi connectivity index (χ4n) is 1.53. The quantitative estimate of drug-likeness (QED) is 0.723. The summed E-state index contributed by atoms with van der Waals surface area (Å²) in [7, 11) is 3.77. The van der Waals surface area contributed by atoms with E-state index in [9.17, 15) is 0 Å². The highest BCUT2D eigenvalue weighted by Gasteiger charge is 2.05. The maximum absolute atomic E-state index is 5.34. The van der Waals surface area contributed by atoms with E-state index < -0.39 is 0 Å². The van der Waals surface area contributed by atoms with E-state index in [1.807, 2.05) is 19.1 Å². The average molecular weight is 302 g/mol. The molecule has 0 aliphatic heterocycles. The van der Waals surface area contributed by atoms with Crippen molar-refractivity contribution in [3.05, 3.63) is 28.2 Å². The second-order valence-corrected chi connectivity index (χ2v) is 4.75. The van der Waals surface area contributed by atoms with Crippen LogP contribution in [0, 0.1) is 0 Å². The summed E-state index contributed by atoms with van der Waals surface area (Å²) < 4.78 is 11.7. The molecule has 0 N–H and O–H groups in total. The van der Waals surface area contributed by atoms with E-state index in [1.165, 1.54) is 5.56 Å². The Labute approximate surface area is 112 Å². The molecule has 0 unspecified atom stereocenters. The number of likely N-dealkylation sites (N-methyl/N-ethyl adjacent to an activating group) is 1. The minimum Gasteiger partial charge on any atom is -0.497 e. The van der Waals surface area contributed by atoms with Crippen LogP contribution in [0.3, 0.4) is 0 Å². The minimum absolute atomic E-state index is 0.772. The van der Waals surface area contributed by atoms with Gasteiger partial charge < -0.3 is 9.47 Å². The Morgan fingerprint density at radius 1 is 1.35 bits per heavy atom. The summed E-state index contributed by atoms with van der Waals surface area (Å²) in [6.07, 6.45) is 0. The number of benzene rings is 1. The molecule has 0 radical (unpaired) electrons. The van der Waals surface area contributed by atoms with Crippen molar-refractivity contribution in [1.29, 1.82) is 0 Å². The van der Waals surface area contributed by atoms with Crippen molar-refractivity contribution in [1.82, 2.24) is 4.90 Å². The fraction of sp³-hybridized carbons (Fsp3) is 0.538. The van der Waals surface area contributed by atoms with Crippen LogP contribution in [0.5, 0.6) is 5.75 Å². The second kappa shape index (κ2) is 7.69. The maximum Gasteiger partial charge on any atom is 0.119 e. The summed E-state index contributed by atoms with van der Waals surface area (Å²) in [5.74, 6) is 0.890. The molecule has 96 valence electrons. The standard InChI is InChI=1S/C13H20BrNO2/c1-4-17-8-7-15(2)10-11-9-12(16-3)5-6-13(11)14/h5-6,9H,4,7-8,10H2,1-3H3. The van der Waals surface area contributed by atoms with Gasteiger partial charge in [-0.25, -0.2) is 0 Å². The van der Waals surface area contributed by atoms with Crippen LogP contribution in [-0.4, -0.2) is 38.8 Å². The van der Waals surface area contributed by atoms with Gasteiger partial charge in [-0.05, 0) is 37.7 Å². The monoisotopic (exact) mass is 301 g/mol. The van der Waals surface area contributed by atoms with Gasteiger partial charge in [0.15, 0.2) is 0 Å². The molecule has 0 aliphatic carbocycles. The molecule has 0 saturated carbocycles. The van der Waals surface area contributed by atoms with Crippen LogP contribution >= 0.6 is 15.9 Å². The first kappa shape index (κ1) is 14.5. The van der Waals surface area contributed by atoms with Crippen LogP contribution in [0.4, 0.5) is 0 Å². The lowest BCUT2D eigenvalue weighted by Gasteiger charge is -2.17. The van der Waals surface area contributed by atoms with Gasteiger partial charge in [0.25, 0.3) is 0 Å². The maximum atomic E-state index is 5.34. The molecule has 0 aliphatic rings. The molecule has 0 bridgehead atoms. The molecule has 4 heteroatoms. The lowest BCUT2D eigenvalue weighted by molar-refractivity contribution is 0.120. The van der Waals surface area contributed by atoms with E-state index in [2.05, 4.69) is 33.9 Å². The van der Waals surface area contributed by atoms with Crippen LogP contribution in [-0.2, 0) is 11.3 Å². The van der Waals surface area contributed by atoms with Crippen LogP contribution in [0.25, 0.3) is 0 Å². The van der Waals surface area contributed by atoms with Crippen molar-refractivity contribution in [3.63, 3.8) is 0 Å². The molecular weight excluding hydrogens is 282 g/mol. The van der Waals surface area contributed by atoms with Gasteiger partial charge >= 0.3 is 0 Å². The summed E-state index contributed by atoms with van der Waals surface area (Å²) in [6, 6.07) is 6.03. The number of methoxy groups -OCH3 is 1. The highest BCUT2D eigenvalue weighted by Crippen LogP contribution is 2.23. The number of rotatable bonds is 7. The number of hydrogen-bond acceptors (Lipinski definition) is 3. The lowest BCUT2D eigenvalue weighted by Crippen LogP contribution is -2.23. The second-order valence-electron chi connectivity index (χ2n) is 3.89. The van der Waals surface area contributed by atoms with E-state index in [1.54, 1.807) is 7.11 Å². The Kier molecular flexibility index (Phi) is 6.55. The van der Waals surface area contributed by atoms with E-state index in [0.29, 0.717) is 0 Å². The van der Waals surface area contributed by atoms with Gasteiger partial charge in [0, 0.05) is 24.2 Å². The fourth-order valence-corrected chi connectivity index (χ4v) is 1.91. The van der Waals surface area contributed by atoms with Crippen molar-refractivity contribution < 1.29 is 9.47 Å². The van der Waals surface area contributed by atoms with Crippen LogP contribution in [0.15, 0.2) is 22.7 Å². The first-order valence-electron chi connectivity index (χ1n) is 5.76. The van der Waals surface area contributed by atoms with E-state index >= 15 is 0 Å². The third kappa shape index (κ3) is 5.06. The van der Waals surface area contributed by atoms with Gasteiger partial charge in [0.2, 0.25) is 0 Å². The molecule has 0 amide bonds. The minimum atomic E-state index is 0.772. The van der Waals surface area contributed by atoms with Gasteiger partial charge in [-0.1, -0.05) is 15.9 Å². The largest absolute Gasteiger partial charge is 0.497 e. The highest BCUT2D eigenvalue weighted by atomic mass is 79.9. The molecular formula is C13H20BrNO2. The van der Waals surface area contributed by atoms with Crippen molar-refractivity contribution in [2.45, 2.75) is 13.5 Å². The Bertz CT molecular complexity index is 344. The normalized spacial score (nSPS) is 10.9. The SMILES string of the molecule is CCOCCN(C)Cc1cc(OC)ccc1Br. The topological polar surface area (TPSA) is 21.7 Å². The molecule has 3 nitrogen and oxygen atoms in total. The van der Waals surface area contributed by atoms with Crippen LogP contribution in [0.1, 0.15) is 12.5 Å². The lowest BCUT2D eigenvalue weighted by atomic mass is 10.2. The van der Waals surface area contributed by atoms with Gasteiger partial charge in [-0.15, -0.1) is 0 Å². The Hall–Kier alpha value is -0.580. The third-order valence-electron chi connectivity index (χ3n) is 2.51. The van der Waals surface area contributed by atoms with E-state index in [0.717, 1.165) is 36.5 Å². The van der Waals surface area contributed by atoms with Crippen molar-refractivity contribution in [3.8, 4) is 5.75 Å². The molecule has 0 heterocycles. The Morgan fingerprint density at radius 2 is 2.12 bits per heavy atom. The molecule has 17 heavy (non-hydrogen) atoms. The number of nitrogens with zero attached hydrogens (tertiary/aromatic N) is 1. The van der Waals surface area contributed by atoms with Crippen LogP contribution in [0.2, 0.25) is 0 Å². The summed E-state index contributed by atoms with van der Waals surface area (Å²) >= 11 is 3.56. The number of ether oxygens (including phenoxy) is 2. The van der Waals surface area contributed by atoms with Gasteiger partial charge in [-0.2, -0.15) is 0 Å². The zero-order valence-electron chi connectivity index (χ0n) is 10.7. The predicted molar refractivity (Wildman–Crippen MR) is 73.5 cm³/mol. The molecule has 1 rings (SSSR count). The molecule has 0 spiro atoms. The summed E-state index contributed by atoms with van der Waals surface area (Å²) in [5.41, 5.74) is 1.23.